The van der Waals surface area contributed by atoms with Crippen LogP contribution in [-0.4, -0.2) is 24.2 Å². The molecule has 0 aliphatic rings. The molecule has 0 saturated heterocycles. The zero-order valence-electron chi connectivity index (χ0n) is 8.66. The first-order chi connectivity index (χ1) is 6.72. The van der Waals surface area contributed by atoms with Crippen LogP contribution in [0.15, 0.2) is 18.2 Å². The van der Waals surface area contributed by atoms with E-state index in [0.717, 1.165) is 19.0 Å². The fourth-order valence-corrected chi connectivity index (χ4v) is 1.14. The smallest absolute Gasteiger partial charge is 0.128 e. The summed E-state index contributed by atoms with van der Waals surface area (Å²) in [6, 6.07) is 5.52. The summed E-state index contributed by atoms with van der Waals surface area (Å²) in [5.74, 6) is 1.32. The molecule has 0 saturated carbocycles. The molecule has 0 aliphatic carbocycles. The highest BCUT2D eigenvalue weighted by Gasteiger charge is 2.00. The van der Waals surface area contributed by atoms with Crippen molar-refractivity contribution in [1.82, 2.24) is 4.98 Å². The SMILES string of the molecule is CCOC(C)CNc1cccc(N)n1. The van der Waals surface area contributed by atoms with E-state index in [1.165, 1.54) is 0 Å². The van der Waals surface area contributed by atoms with E-state index in [4.69, 9.17) is 10.5 Å². The molecule has 1 rings (SSSR count). The molecule has 1 unspecified atom stereocenters. The number of anilines is 2. The van der Waals surface area contributed by atoms with Gasteiger partial charge in [-0.25, -0.2) is 4.98 Å². The number of nitrogen functional groups attached to an aromatic ring is 1. The highest BCUT2D eigenvalue weighted by Crippen LogP contribution is 2.05. The maximum absolute atomic E-state index is 5.54. The second-order valence-corrected chi connectivity index (χ2v) is 3.09. The van der Waals surface area contributed by atoms with Crippen LogP contribution in [0, 0.1) is 0 Å². The van der Waals surface area contributed by atoms with E-state index in [1.807, 2.05) is 26.0 Å². The Bertz CT molecular complexity index is 278. The first-order valence-corrected chi connectivity index (χ1v) is 4.80. The van der Waals surface area contributed by atoms with Crippen LogP contribution in [0.2, 0.25) is 0 Å². The Morgan fingerprint density at radius 1 is 1.57 bits per heavy atom. The summed E-state index contributed by atoms with van der Waals surface area (Å²) < 4.78 is 5.37. The molecule has 1 atom stereocenters. The number of ether oxygens (including phenoxy) is 1. The van der Waals surface area contributed by atoms with Gasteiger partial charge in [-0.05, 0) is 26.0 Å². The van der Waals surface area contributed by atoms with Crippen LogP contribution in [0.3, 0.4) is 0 Å². The molecule has 0 aromatic carbocycles. The van der Waals surface area contributed by atoms with Crippen LogP contribution in [0.5, 0.6) is 0 Å². The lowest BCUT2D eigenvalue weighted by atomic mass is 10.4. The molecule has 4 heteroatoms. The highest BCUT2D eigenvalue weighted by molar-refractivity contribution is 5.42. The number of nitrogens with two attached hydrogens (primary N) is 1. The first-order valence-electron chi connectivity index (χ1n) is 4.80. The van der Waals surface area contributed by atoms with Gasteiger partial charge in [0.25, 0.3) is 0 Å². The van der Waals surface area contributed by atoms with E-state index < -0.39 is 0 Å². The zero-order valence-corrected chi connectivity index (χ0v) is 8.66. The molecule has 1 aromatic heterocycles. The quantitative estimate of drug-likeness (QED) is 0.747. The van der Waals surface area contributed by atoms with Gasteiger partial charge in [0.15, 0.2) is 0 Å². The average molecular weight is 195 g/mol. The van der Waals surface area contributed by atoms with Crippen LogP contribution in [-0.2, 0) is 4.74 Å². The van der Waals surface area contributed by atoms with Gasteiger partial charge in [-0.15, -0.1) is 0 Å². The predicted octanol–water partition coefficient (Wildman–Crippen LogP) is 1.50. The molecule has 78 valence electrons. The number of hydrogen-bond donors (Lipinski definition) is 2. The third-order valence-corrected chi connectivity index (χ3v) is 1.79. The van der Waals surface area contributed by atoms with Gasteiger partial charge in [-0.1, -0.05) is 6.07 Å². The lowest BCUT2D eigenvalue weighted by molar-refractivity contribution is 0.0855. The molecule has 3 N–H and O–H groups in total. The van der Waals surface area contributed by atoms with Crippen molar-refractivity contribution in [3.8, 4) is 0 Å². The van der Waals surface area contributed by atoms with E-state index >= 15 is 0 Å². The summed E-state index contributed by atoms with van der Waals surface area (Å²) in [7, 11) is 0. The van der Waals surface area contributed by atoms with Gasteiger partial charge in [-0.2, -0.15) is 0 Å². The molecule has 4 nitrogen and oxygen atoms in total. The highest BCUT2D eigenvalue weighted by atomic mass is 16.5. The lowest BCUT2D eigenvalue weighted by Gasteiger charge is -2.12. The van der Waals surface area contributed by atoms with Gasteiger partial charge in [0, 0.05) is 13.2 Å². The first kappa shape index (κ1) is 10.8. The van der Waals surface area contributed by atoms with Crippen LogP contribution >= 0.6 is 0 Å². The molecule has 0 spiro atoms. The topological polar surface area (TPSA) is 60.2 Å². The average Bonchev–Trinajstić information content (AvgIpc) is 2.15. The van der Waals surface area contributed by atoms with Crippen LogP contribution in [0.25, 0.3) is 0 Å². The molecule has 14 heavy (non-hydrogen) atoms. The number of pyridine rings is 1. The molecule has 0 amide bonds. The third kappa shape index (κ3) is 3.62. The van der Waals surface area contributed by atoms with Crippen molar-refractivity contribution in [1.29, 1.82) is 0 Å². The van der Waals surface area contributed by atoms with Crippen LogP contribution in [0.4, 0.5) is 11.6 Å². The fraction of sp³-hybridized carbons (Fsp3) is 0.500. The maximum Gasteiger partial charge on any atom is 0.128 e. The summed E-state index contributed by atoms with van der Waals surface area (Å²) in [6.45, 7) is 5.47. The molecule has 1 heterocycles. The number of nitrogens with zero attached hydrogens (tertiary/aromatic N) is 1. The predicted molar refractivity (Wildman–Crippen MR) is 58.2 cm³/mol. The van der Waals surface area contributed by atoms with Crippen molar-refractivity contribution >= 4 is 11.6 Å². The summed E-state index contributed by atoms with van der Waals surface area (Å²) in [5.41, 5.74) is 5.54. The van der Waals surface area contributed by atoms with Crippen molar-refractivity contribution in [2.75, 3.05) is 24.2 Å². The third-order valence-electron chi connectivity index (χ3n) is 1.79. The Labute approximate surface area is 84.5 Å². The molecule has 0 aliphatic heterocycles. The Kier molecular flexibility index (Phi) is 4.19. The molecular formula is C10H17N3O. The largest absolute Gasteiger partial charge is 0.384 e. The Morgan fingerprint density at radius 2 is 2.36 bits per heavy atom. The Morgan fingerprint density at radius 3 is 3.00 bits per heavy atom. The number of hydrogen-bond acceptors (Lipinski definition) is 4. The molecule has 0 radical (unpaired) electrons. The molecule has 0 bridgehead atoms. The van der Waals surface area contributed by atoms with Gasteiger partial charge < -0.3 is 15.8 Å². The Hall–Kier alpha value is -1.29. The monoisotopic (exact) mass is 195 g/mol. The Balaban J connectivity index is 2.37. The normalized spacial score (nSPS) is 12.4. The van der Waals surface area contributed by atoms with Gasteiger partial charge in [0.05, 0.1) is 6.10 Å². The van der Waals surface area contributed by atoms with Gasteiger partial charge in [-0.3, -0.25) is 0 Å². The minimum atomic E-state index is 0.184. The van der Waals surface area contributed by atoms with E-state index in [1.54, 1.807) is 6.07 Å². The second-order valence-electron chi connectivity index (χ2n) is 3.09. The van der Waals surface area contributed by atoms with Gasteiger partial charge in [0.1, 0.15) is 11.6 Å². The zero-order chi connectivity index (χ0) is 10.4. The van der Waals surface area contributed by atoms with Crippen molar-refractivity contribution in [3.05, 3.63) is 18.2 Å². The van der Waals surface area contributed by atoms with Gasteiger partial charge >= 0.3 is 0 Å². The maximum atomic E-state index is 5.54. The van der Waals surface area contributed by atoms with E-state index in [-0.39, 0.29) is 6.10 Å². The second kappa shape index (κ2) is 5.44. The molecule has 1 aromatic rings. The van der Waals surface area contributed by atoms with Crippen molar-refractivity contribution in [2.45, 2.75) is 20.0 Å². The van der Waals surface area contributed by atoms with Crippen LogP contribution in [0.1, 0.15) is 13.8 Å². The summed E-state index contributed by atoms with van der Waals surface area (Å²) in [6.07, 6.45) is 0.184. The molecular weight excluding hydrogens is 178 g/mol. The minimum Gasteiger partial charge on any atom is -0.384 e. The number of nitrogens with one attached hydrogen (secondary N) is 1. The molecule has 0 fully saturated rings. The number of rotatable bonds is 5. The number of aromatic nitrogens is 1. The van der Waals surface area contributed by atoms with Crippen LogP contribution < -0.4 is 11.1 Å². The standard InChI is InChI=1S/C10H17N3O/c1-3-14-8(2)7-12-10-6-4-5-9(11)13-10/h4-6,8H,3,7H2,1-2H3,(H3,11,12,13). The summed E-state index contributed by atoms with van der Waals surface area (Å²) in [4.78, 5) is 4.12. The van der Waals surface area contributed by atoms with E-state index in [0.29, 0.717) is 5.82 Å². The minimum absolute atomic E-state index is 0.184. The lowest BCUT2D eigenvalue weighted by Crippen LogP contribution is -2.20. The van der Waals surface area contributed by atoms with E-state index in [9.17, 15) is 0 Å². The summed E-state index contributed by atoms with van der Waals surface area (Å²) >= 11 is 0. The fourth-order valence-electron chi connectivity index (χ4n) is 1.14. The van der Waals surface area contributed by atoms with E-state index in [2.05, 4.69) is 10.3 Å². The summed E-state index contributed by atoms with van der Waals surface area (Å²) in [5, 5.41) is 3.15. The van der Waals surface area contributed by atoms with Gasteiger partial charge in [0.2, 0.25) is 0 Å². The van der Waals surface area contributed by atoms with Crippen molar-refractivity contribution in [3.63, 3.8) is 0 Å². The van der Waals surface area contributed by atoms with Crippen molar-refractivity contribution < 1.29 is 4.74 Å². The van der Waals surface area contributed by atoms with Crippen molar-refractivity contribution in [2.24, 2.45) is 0 Å².